The molecule has 42 heavy (non-hydrogen) atoms. The van der Waals surface area contributed by atoms with Crippen molar-refractivity contribution >= 4 is 26.7 Å². The maximum Gasteiger partial charge on any atom is 0.184 e. The molecular formula is C37H29BrN4. The van der Waals surface area contributed by atoms with Crippen LogP contribution >= 0.6 is 15.9 Å². The molecule has 0 radical (unpaired) electrons. The molecule has 0 aliphatic heterocycles. The molecular weight excluding hydrogens is 580 g/mol. The van der Waals surface area contributed by atoms with Gasteiger partial charge in [-0.15, -0.1) is 5.10 Å². The molecule has 0 saturated carbocycles. The van der Waals surface area contributed by atoms with E-state index in [1.54, 1.807) is 0 Å². The van der Waals surface area contributed by atoms with Crippen LogP contribution in [0.3, 0.4) is 0 Å². The Balaban J connectivity index is 1.58. The number of halogens is 1. The fourth-order valence-corrected chi connectivity index (χ4v) is 6.75. The summed E-state index contributed by atoms with van der Waals surface area (Å²) in [6.07, 6.45) is 9.67. The smallest absolute Gasteiger partial charge is 0.184 e. The van der Waals surface area contributed by atoms with E-state index in [1.165, 1.54) is 5.56 Å². The molecule has 1 unspecified atom stereocenters. The fraction of sp³-hybridized carbons (Fsp3) is 0.108. The van der Waals surface area contributed by atoms with Gasteiger partial charge in [0.25, 0.3) is 0 Å². The van der Waals surface area contributed by atoms with Crippen molar-refractivity contribution in [2.45, 2.75) is 17.3 Å². The molecule has 0 saturated heterocycles. The summed E-state index contributed by atoms with van der Waals surface area (Å²) in [5.74, 6) is 0.813. The highest BCUT2D eigenvalue weighted by atomic mass is 79.9. The van der Waals surface area contributed by atoms with Gasteiger partial charge in [-0.25, -0.2) is 4.68 Å². The number of aromatic nitrogens is 4. The summed E-state index contributed by atoms with van der Waals surface area (Å²) in [5, 5.41) is 17.1. The van der Waals surface area contributed by atoms with Crippen LogP contribution in [0.5, 0.6) is 0 Å². The van der Waals surface area contributed by atoms with Gasteiger partial charge < -0.3 is 0 Å². The number of alkyl halides is 1. The molecule has 1 heterocycles. The van der Waals surface area contributed by atoms with Crippen LogP contribution in [0, 0.1) is 5.92 Å². The number of fused-ring (bicyclic) bond motifs is 1. The van der Waals surface area contributed by atoms with Gasteiger partial charge in [0.15, 0.2) is 5.82 Å². The van der Waals surface area contributed by atoms with Crippen molar-refractivity contribution in [2.24, 2.45) is 5.92 Å². The Morgan fingerprint density at radius 3 is 2.10 bits per heavy atom. The Morgan fingerprint density at radius 2 is 1.43 bits per heavy atom. The number of rotatable bonds is 7. The fourth-order valence-electron chi connectivity index (χ4n) is 6.38. The number of hydrogen-bond donors (Lipinski definition) is 0. The largest absolute Gasteiger partial charge is 0.209 e. The molecule has 0 bridgehead atoms. The van der Waals surface area contributed by atoms with E-state index in [1.807, 2.05) is 0 Å². The van der Waals surface area contributed by atoms with E-state index in [9.17, 15) is 0 Å². The summed E-state index contributed by atoms with van der Waals surface area (Å²) >= 11 is 3.59. The molecule has 0 spiro atoms. The normalized spacial score (nSPS) is 14.8. The van der Waals surface area contributed by atoms with Crippen molar-refractivity contribution in [3.05, 3.63) is 162 Å². The van der Waals surface area contributed by atoms with Crippen molar-refractivity contribution in [2.75, 3.05) is 0 Å². The molecule has 0 amide bonds. The third-order valence-electron chi connectivity index (χ3n) is 8.32. The lowest BCUT2D eigenvalue weighted by Gasteiger charge is -2.41. The zero-order valence-corrected chi connectivity index (χ0v) is 24.6. The monoisotopic (exact) mass is 608 g/mol. The molecule has 1 aromatic heterocycles. The van der Waals surface area contributed by atoms with E-state index in [4.69, 9.17) is 10.3 Å². The zero-order chi connectivity index (χ0) is 28.4. The molecule has 5 heteroatoms. The third kappa shape index (κ3) is 4.41. The summed E-state index contributed by atoms with van der Waals surface area (Å²) in [6.45, 7) is 0. The number of allylic oxidation sites excluding steroid dienone is 4. The minimum atomic E-state index is -0.698. The van der Waals surface area contributed by atoms with Crippen LogP contribution in [-0.2, 0) is 10.9 Å². The van der Waals surface area contributed by atoms with Gasteiger partial charge in [-0.05, 0) is 55.4 Å². The highest BCUT2D eigenvalue weighted by molar-refractivity contribution is 9.08. The Labute approximate surface area is 254 Å². The van der Waals surface area contributed by atoms with Crippen molar-refractivity contribution in [1.82, 2.24) is 20.2 Å². The summed E-state index contributed by atoms with van der Waals surface area (Å²) in [5.41, 5.74) is 6.06. The molecule has 1 aliphatic rings. The maximum atomic E-state index is 4.85. The van der Waals surface area contributed by atoms with Crippen LogP contribution in [0.2, 0.25) is 0 Å². The van der Waals surface area contributed by atoms with E-state index >= 15 is 0 Å². The molecule has 204 valence electrons. The first-order valence-electron chi connectivity index (χ1n) is 14.2. The van der Waals surface area contributed by atoms with Gasteiger partial charge in [-0.1, -0.05) is 162 Å². The molecule has 0 fully saturated rings. The summed E-state index contributed by atoms with van der Waals surface area (Å²) < 4.78 is 2.09. The highest BCUT2D eigenvalue weighted by Gasteiger charge is 2.46. The molecule has 6 aromatic rings. The highest BCUT2D eigenvalue weighted by Crippen LogP contribution is 2.47. The molecule has 4 nitrogen and oxygen atoms in total. The SMILES string of the molecule is BrCc1ccc(-c2ccc3ccccc3c2-c2nnnn2C(c2ccccc2)(c2ccccc2)C2C=CC=CC2)cc1. The average Bonchev–Trinajstić information content (AvgIpc) is 3.56. The number of hydrogen-bond acceptors (Lipinski definition) is 3. The second-order valence-electron chi connectivity index (χ2n) is 10.6. The van der Waals surface area contributed by atoms with E-state index in [-0.39, 0.29) is 5.92 Å². The second-order valence-corrected chi connectivity index (χ2v) is 11.2. The average molecular weight is 610 g/mol. The Hall–Kier alpha value is -4.61. The summed E-state index contributed by atoms with van der Waals surface area (Å²) in [4.78, 5) is 0. The predicted octanol–water partition coefficient (Wildman–Crippen LogP) is 8.98. The Kier molecular flexibility index (Phi) is 7.10. The van der Waals surface area contributed by atoms with Gasteiger partial charge in [0.2, 0.25) is 0 Å². The molecule has 1 atom stereocenters. The van der Waals surface area contributed by atoms with Crippen molar-refractivity contribution < 1.29 is 0 Å². The Bertz CT molecular complexity index is 1850. The lowest BCUT2D eigenvalue weighted by atomic mass is 9.70. The first-order chi connectivity index (χ1) is 20.8. The molecule has 7 rings (SSSR count). The van der Waals surface area contributed by atoms with E-state index in [0.717, 1.165) is 56.2 Å². The van der Waals surface area contributed by atoms with Crippen molar-refractivity contribution in [3.8, 4) is 22.5 Å². The summed E-state index contributed by atoms with van der Waals surface area (Å²) in [7, 11) is 0. The first kappa shape index (κ1) is 26.3. The maximum absolute atomic E-state index is 4.85. The van der Waals surface area contributed by atoms with E-state index in [2.05, 4.69) is 171 Å². The molecule has 0 N–H and O–H groups in total. The van der Waals surface area contributed by atoms with Crippen LogP contribution in [-0.4, -0.2) is 20.2 Å². The van der Waals surface area contributed by atoms with Crippen LogP contribution in [0.4, 0.5) is 0 Å². The van der Waals surface area contributed by atoms with Gasteiger partial charge in [-0.3, -0.25) is 0 Å². The third-order valence-corrected chi connectivity index (χ3v) is 8.97. The quantitative estimate of drug-likeness (QED) is 0.170. The van der Waals surface area contributed by atoms with Crippen molar-refractivity contribution in [1.29, 1.82) is 0 Å². The zero-order valence-electron chi connectivity index (χ0n) is 23.0. The van der Waals surface area contributed by atoms with E-state index in [0.29, 0.717) is 0 Å². The number of tetrazole rings is 1. The minimum Gasteiger partial charge on any atom is -0.209 e. The van der Waals surface area contributed by atoms with Crippen LogP contribution in [0.15, 0.2) is 146 Å². The van der Waals surface area contributed by atoms with Crippen LogP contribution in [0.1, 0.15) is 23.1 Å². The van der Waals surface area contributed by atoms with Gasteiger partial charge in [-0.2, -0.15) is 0 Å². The van der Waals surface area contributed by atoms with Crippen LogP contribution in [0.25, 0.3) is 33.3 Å². The van der Waals surface area contributed by atoms with Crippen molar-refractivity contribution in [3.63, 3.8) is 0 Å². The lowest BCUT2D eigenvalue weighted by molar-refractivity contribution is 0.290. The standard InChI is InChI=1S/C37H29BrN4/c38-26-27-20-22-29(23-21-27)34-25-24-28-12-10-11-19-33(28)35(34)36-39-40-41-42(36)37(30-13-4-1-5-14-30,31-15-6-2-7-16-31)32-17-8-3-9-18-32/h1-17,19-25,32H,18,26H2. The molecule has 5 aromatic carbocycles. The van der Waals surface area contributed by atoms with Gasteiger partial charge >= 0.3 is 0 Å². The van der Waals surface area contributed by atoms with Gasteiger partial charge in [0, 0.05) is 16.8 Å². The van der Waals surface area contributed by atoms with E-state index < -0.39 is 5.54 Å². The summed E-state index contributed by atoms with van der Waals surface area (Å²) in [6, 6.07) is 43.0. The first-order valence-corrected chi connectivity index (χ1v) is 15.3. The van der Waals surface area contributed by atoms with Gasteiger partial charge in [0.05, 0.1) is 0 Å². The topological polar surface area (TPSA) is 43.6 Å². The molecule has 1 aliphatic carbocycles. The minimum absolute atomic E-state index is 0.0752. The van der Waals surface area contributed by atoms with Gasteiger partial charge in [0.1, 0.15) is 5.54 Å². The number of nitrogens with zero attached hydrogens (tertiary/aromatic N) is 4. The van der Waals surface area contributed by atoms with Crippen LogP contribution < -0.4 is 0 Å². The lowest BCUT2D eigenvalue weighted by Crippen LogP contribution is -2.44. The number of benzene rings is 5. The predicted molar refractivity (Wildman–Crippen MR) is 174 cm³/mol. The second kappa shape index (κ2) is 11.3. The Morgan fingerprint density at radius 1 is 0.738 bits per heavy atom.